The van der Waals surface area contributed by atoms with Gasteiger partial charge in [-0.15, -0.1) is 0 Å². The molecule has 0 aromatic heterocycles. The van der Waals surface area contributed by atoms with Crippen LogP contribution in [-0.2, 0) is 9.53 Å². The number of carbonyl (C=O) groups is 2. The molecule has 1 aromatic rings. The van der Waals surface area contributed by atoms with Gasteiger partial charge in [-0.05, 0) is 34.1 Å². The van der Waals surface area contributed by atoms with Crippen LogP contribution in [-0.4, -0.2) is 25.5 Å². The highest BCUT2D eigenvalue weighted by Gasteiger charge is 2.10. The molecule has 0 aliphatic heterocycles. The Bertz CT molecular complexity index is 437. The van der Waals surface area contributed by atoms with E-state index in [1.807, 2.05) is 0 Å². The summed E-state index contributed by atoms with van der Waals surface area (Å²) in [5, 5.41) is 3.16. The van der Waals surface area contributed by atoms with Crippen LogP contribution in [0.5, 0.6) is 0 Å². The van der Waals surface area contributed by atoms with Crippen molar-refractivity contribution in [2.45, 2.75) is 6.42 Å². The van der Waals surface area contributed by atoms with Gasteiger partial charge in [0.15, 0.2) is 0 Å². The number of nitrogens with one attached hydrogen (secondary N) is 1. The van der Waals surface area contributed by atoms with E-state index in [2.05, 4.69) is 26.0 Å². The lowest BCUT2D eigenvalue weighted by atomic mass is 10.2. The molecule has 6 heteroatoms. The molecule has 0 fully saturated rings. The van der Waals surface area contributed by atoms with E-state index in [9.17, 15) is 9.59 Å². The van der Waals surface area contributed by atoms with E-state index < -0.39 is 0 Å². The van der Waals surface area contributed by atoms with Crippen molar-refractivity contribution in [1.82, 2.24) is 5.32 Å². The van der Waals surface area contributed by atoms with Crippen LogP contribution in [0, 0.1) is 0 Å². The molecule has 0 bridgehead atoms. The zero-order valence-electron chi connectivity index (χ0n) is 9.13. The Morgan fingerprint density at radius 3 is 2.76 bits per heavy atom. The maximum atomic E-state index is 11.7. The molecule has 1 rings (SSSR count). The predicted octanol–water partition coefficient (Wildman–Crippen LogP) is 2.40. The molecule has 1 amide bonds. The first-order chi connectivity index (χ1) is 8.04. The van der Waals surface area contributed by atoms with Crippen LogP contribution in [0.3, 0.4) is 0 Å². The highest BCUT2D eigenvalue weighted by Crippen LogP contribution is 2.21. The van der Waals surface area contributed by atoms with Crippen LogP contribution in [0.15, 0.2) is 22.7 Å². The number of methoxy groups -OCH3 is 1. The van der Waals surface area contributed by atoms with Crippen molar-refractivity contribution in [3.63, 3.8) is 0 Å². The van der Waals surface area contributed by atoms with Gasteiger partial charge >= 0.3 is 5.97 Å². The standard InChI is InChI=1S/C11H11BrClNO3/c1-17-10(15)4-5-14-11(16)8-3-2-7(13)6-9(8)12/h2-3,6H,4-5H2,1H3,(H,14,16). The first kappa shape index (κ1) is 14.0. The third-order valence-corrected chi connectivity index (χ3v) is 2.91. The summed E-state index contributed by atoms with van der Waals surface area (Å²) in [6, 6.07) is 4.87. The molecule has 4 nitrogen and oxygen atoms in total. The SMILES string of the molecule is COC(=O)CCNC(=O)c1ccc(Cl)cc1Br. The van der Waals surface area contributed by atoms with Crippen LogP contribution < -0.4 is 5.32 Å². The van der Waals surface area contributed by atoms with Crippen LogP contribution in [0.2, 0.25) is 5.02 Å². The summed E-state index contributed by atoms with van der Waals surface area (Å²) < 4.78 is 5.07. The molecular formula is C11H11BrClNO3. The fourth-order valence-corrected chi connectivity index (χ4v) is 2.01. The van der Waals surface area contributed by atoms with Crippen molar-refractivity contribution in [1.29, 1.82) is 0 Å². The molecule has 0 saturated carbocycles. The van der Waals surface area contributed by atoms with E-state index in [1.54, 1.807) is 18.2 Å². The molecule has 0 heterocycles. The van der Waals surface area contributed by atoms with E-state index in [1.165, 1.54) is 7.11 Å². The second-order valence-electron chi connectivity index (χ2n) is 3.21. The molecule has 0 aliphatic rings. The smallest absolute Gasteiger partial charge is 0.307 e. The molecule has 0 unspecified atom stereocenters. The van der Waals surface area contributed by atoms with Gasteiger partial charge < -0.3 is 10.1 Å². The highest BCUT2D eigenvalue weighted by atomic mass is 79.9. The van der Waals surface area contributed by atoms with E-state index in [0.717, 1.165) is 0 Å². The third-order valence-electron chi connectivity index (χ3n) is 2.02. The van der Waals surface area contributed by atoms with Crippen LogP contribution in [0.4, 0.5) is 0 Å². The fourth-order valence-electron chi connectivity index (χ4n) is 1.15. The molecule has 92 valence electrons. The summed E-state index contributed by atoms with van der Waals surface area (Å²) in [4.78, 5) is 22.6. The topological polar surface area (TPSA) is 55.4 Å². The van der Waals surface area contributed by atoms with Gasteiger partial charge in [-0.1, -0.05) is 11.6 Å². The van der Waals surface area contributed by atoms with E-state index >= 15 is 0 Å². The van der Waals surface area contributed by atoms with Gasteiger partial charge in [0.1, 0.15) is 0 Å². The lowest BCUT2D eigenvalue weighted by molar-refractivity contribution is -0.140. The average Bonchev–Trinajstić information content (AvgIpc) is 2.28. The maximum absolute atomic E-state index is 11.7. The van der Waals surface area contributed by atoms with Crippen molar-refractivity contribution >= 4 is 39.4 Å². The number of halogens is 2. The average molecular weight is 321 g/mol. The lowest BCUT2D eigenvalue weighted by Gasteiger charge is -2.06. The second-order valence-corrected chi connectivity index (χ2v) is 4.50. The minimum atomic E-state index is -0.361. The number of hydrogen-bond acceptors (Lipinski definition) is 3. The normalized spacial score (nSPS) is 9.82. The number of carbonyl (C=O) groups excluding carboxylic acids is 2. The second kappa shape index (κ2) is 6.61. The number of benzene rings is 1. The largest absolute Gasteiger partial charge is 0.469 e. The molecular weight excluding hydrogens is 309 g/mol. The monoisotopic (exact) mass is 319 g/mol. The van der Waals surface area contributed by atoms with Gasteiger partial charge in [0.05, 0.1) is 19.1 Å². The van der Waals surface area contributed by atoms with Gasteiger partial charge in [-0.25, -0.2) is 0 Å². The van der Waals surface area contributed by atoms with Gasteiger partial charge in [-0.3, -0.25) is 9.59 Å². The summed E-state index contributed by atoms with van der Waals surface area (Å²) in [7, 11) is 1.31. The quantitative estimate of drug-likeness (QED) is 0.867. The Labute approximate surface area is 112 Å². The minimum absolute atomic E-state index is 0.146. The van der Waals surface area contributed by atoms with Crippen molar-refractivity contribution in [3.05, 3.63) is 33.3 Å². The molecule has 0 radical (unpaired) electrons. The minimum Gasteiger partial charge on any atom is -0.469 e. The number of amides is 1. The molecule has 0 spiro atoms. The first-order valence-electron chi connectivity index (χ1n) is 4.84. The summed E-state index contributed by atoms with van der Waals surface area (Å²) >= 11 is 9.01. The fraction of sp³-hybridized carbons (Fsp3) is 0.273. The van der Waals surface area contributed by atoms with Crippen LogP contribution >= 0.6 is 27.5 Å². The zero-order valence-corrected chi connectivity index (χ0v) is 11.5. The summed E-state index contributed by atoms with van der Waals surface area (Å²) in [6.07, 6.45) is 0.146. The Morgan fingerprint density at radius 1 is 1.47 bits per heavy atom. The molecule has 0 atom stereocenters. The Balaban J connectivity index is 2.55. The summed E-state index contributed by atoms with van der Waals surface area (Å²) in [6.45, 7) is 0.237. The molecule has 17 heavy (non-hydrogen) atoms. The molecule has 1 aromatic carbocycles. The van der Waals surface area contributed by atoms with E-state index in [0.29, 0.717) is 15.1 Å². The predicted molar refractivity (Wildman–Crippen MR) is 68.1 cm³/mol. The van der Waals surface area contributed by atoms with Gasteiger partial charge in [0.2, 0.25) is 0 Å². The number of ether oxygens (including phenoxy) is 1. The first-order valence-corrected chi connectivity index (χ1v) is 6.01. The highest BCUT2D eigenvalue weighted by molar-refractivity contribution is 9.10. The van der Waals surface area contributed by atoms with Gasteiger partial charge in [-0.2, -0.15) is 0 Å². The molecule has 1 N–H and O–H groups in total. The van der Waals surface area contributed by atoms with Crippen molar-refractivity contribution in [3.8, 4) is 0 Å². The summed E-state index contributed by atoms with van der Waals surface area (Å²) in [5.41, 5.74) is 0.472. The number of rotatable bonds is 4. The summed E-state index contributed by atoms with van der Waals surface area (Å²) in [5.74, 6) is -0.627. The Hall–Kier alpha value is -1.07. The van der Waals surface area contributed by atoms with E-state index in [-0.39, 0.29) is 24.8 Å². The van der Waals surface area contributed by atoms with Gasteiger partial charge in [0, 0.05) is 16.0 Å². The molecule has 0 aliphatic carbocycles. The third kappa shape index (κ3) is 4.36. The van der Waals surface area contributed by atoms with Crippen LogP contribution in [0.25, 0.3) is 0 Å². The lowest BCUT2D eigenvalue weighted by Crippen LogP contribution is -2.26. The van der Waals surface area contributed by atoms with Crippen molar-refractivity contribution < 1.29 is 14.3 Å². The van der Waals surface area contributed by atoms with E-state index in [4.69, 9.17) is 11.6 Å². The van der Waals surface area contributed by atoms with Crippen molar-refractivity contribution in [2.24, 2.45) is 0 Å². The Kier molecular flexibility index (Phi) is 5.44. The maximum Gasteiger partial charge on any atom is 0.307 e. The molecule has 0 saturated heterocycles. The van der Waals surface area contributed by atoms with Crippen LogP contribution in [0.1, 0.15) is 16.8 Å². The van der Waals surface area contributed by atoms with Crippen molar-refractivity contribution in [2.75, 3.05) is 13.7 Å². The van der Waals surface area contributed by atoms with Gasteiger partial charge in [0.25, 0.3) is 5.91 Å². The number of hydrogen-bond donors (Lipinski definition) is 1. The zero-order chi connectivity index (χ0) is 12.8. The Morgan fingerprint density at radius 2 is 2.18 bits per heavy atom. The number of esters is 1.